The van der Waals surface area contributed by atoms with Crippen LogP contribution < -0.4 is 0 Å². The van der Waals surface area contributed by atoms with E-state index in [1.807, 2.05) is 24.4 Å². The van der Waals surface area contributed by atoms with Gasteiger partial charge >= 0.3 is 0 Å². The molecule has 0 aliphatic carbocycles. The van der Waals surface area contributed by atoms with Crippen molar-refractivity contribution in [3.63, 3.8) is 0 Å². The first-order chi connectivity index (χ1) is 10.2. The van der Waals surface area contributed by atoms with Crippen LogP contribution in [0.15, 0.2) is 23.6 Å². The van der Waals surface area contributed by atoms with E-state index in [-0.39, 0.29) is 0 Å². The molecule has 106 valence electrons. The molecule has 2 aromatic heterocycles. The number of nitriles is 1. The molecule has 0 spiro atoms. The quantitative estimate of drug-likeness (QED) is 0.692. The molecule has 2 heterocycles. The van der Waals surface area contributed by atoms with Crippen molar-refractivity contribution in [2.45, 2.75) is 19.9 Å². The third kappa shape index (κ3) is 2.65. The minimum absolute atomic E-state index is 0.502. The lowest BCUT2D eigenvalue weighted by molar-refractivity contribution is 0.748. The highest BCUT2D eigenvalue weighted by molar-refractivity contribution is 7.09. The summed E-state index contributed by atoms with van der Waals surface area (Å²) in [5.74, 6) is 1.40. The summed E-state index contributed by atoms with van der Waals surface area (Å²) >= 11 is 7.52. The minimum atomic E-state index is 0.502. The summed E-state index contributed by atoms with van der Waals surface area (Å²) in [5, 5.41) is 12.3. The van der Waals surface area contributed by atoms with E-state index in [4.69, 9.17) is 11.6 Å². The van der Waals surface area contributed by atoms with Gasteiger partial charge in [-0.3, -0.25) is 0 Å². The summed E-state index contributed by atoms with van der Waals surface area (Å²) in [6.07, 6.45) is 0.672. The molecule has 0 N–H and O–H groups in total. The predicted molar refractivity (Wildman–Crippen MR) is 84.8 cm³/mol. The van der Waals surface area contributed by atoms with Crippen LogP contribution in [0, 0.1) is 18.3 Å². The number of halogens is 1. The van der Waals surface area contributed by atoms with Crippen LogP contribution in [0.4, 0.5) is 0 Å². The maximum Gasteiger partial charge on any atom is 0.113 e. The zero-order valence-electron chi connectivity index (χ0n) is 11.5. The maximum absolute atomic E-state index is 9.22. The van der Waals surface area contributed by atoms with Crippen molar-refractivity contribution in [1.82, 2.24) is 14.5 Å². The fourth-order valence-corrected chi connectivity index (χ4v) is 3.28. The molecule has 0 amide bonds. The molecular formula is C15H13ClN4S. The molecule has 0 unspecified atom stereocenters. The second-order valence-electron chi connectivity index (χ2n) is 4.72. The van der Waals surface area contributed by atoms with E-state index in [1.165, 1.54) is 0 Å². The first kappa shape index (κ1) is 14.1. The Balaban J connectivity index is 2.14. The fraction of sp³-hybridized carbons (Fsp3) is 0.267. The number of alkyl halides is 1. The van der Waals surface area contributed by atoms with Gasteiger partial charge in [0.1, 0.15) is 22.4 Å². The molecule has 0 saturated carbocycles. The first-order valence-corrected chi connectivity index (χ1v) is 7.99. The average molecular weight is 317 g/mol. The lowest BCUT2D eigenvalue weighted by atomic mass is 10.2. The van der Waals surface area contributed by atoms with Crippen molar-refractivity contribution in [1.29, 1.82) is 5.26 Å². The number of aryl methyl sites for hydroxylation is 2. The van der Waals surface area contributed by atoms with Gasteiger partial charge in [-0.05, 0) is 19.1 Å². The minimum Gasteiger partial charge on any atom is -0.321 e. The van der Waals surface area contributed by atoms with E-state index in [1.54, 1.807) is 17.4 Å². The zero-order chi connectivity index (χ0) is 14.8. The molecule has 6 heteroatoms. The second kappa shape index (κ2) is 5.84. The number of thiazole rings is 1. The number of rotatable bonds is 4. The van der Waals surface area contributed by atoms with Gasteiger partial charge < -0.3 is 4.57 Å². The van der Waals surface area contributed by atoms with Crippen molar-refractivity contribution in [3.8, 4) is 6.07 Å². The first-order valence-electron chi connectivity index (χ1n) is 6.58. The Kier molecular flexibility index (Phi) is 3.91. The van der Waals surface area contributed by atoms with Crippen molar-refractivity contribution in [2.24, 2.45) is 0 Å². The number of para-hydroxylation sites is 1. The highest BCUT2D eigenvalue weighted by Crippen LogP contribution is 2.22. The van der Waals surface area contributed by atoms with Crippen LogP contribution in [-0.4, -0.2) is 20.4 Å². The Labute approximate surface area is 131 Å². The summed E-state index contributed by atoms with van der Waals surface area (Å²) in [6, 6.07) is 7.86. The largest absolute Gasteiger partial charge is 0.321 e. The molecule has 0 aliphatic rings. The summed E-state index contributed by atoms with van der Waals surface area (Å²) < 4.78 is 2.11. The summed E-state index contributed by atoms with van der Waals surface area (Å²) in [7, 11) is 0. The number of hydrogen-bond donors (Lipinski definition) is 0. The van der Waals surface area contributed by atoms with E-state index in [0.29, 0.717) is 24.4 Å². The Hall–Kier alpha value is -1.90. The van der Waals surface area contributed by atoms with Crippen LogP contribution in [0.3, 0.4) is 0 Å². The van der Waals surface area contributed by atoms with Gasteiger partial charge in [-0.25, -0.2) is 9.97 Å². The van der Waals surface area contributed by atoms with Gasteiger partial charge in [-0.15, -0.1) is 22.9 Å². The van der Waals surface area contributed by atoms with E-state index in [0.717, 1.165) is 27.6 Å². The van der Waals surface area contributed by atoms with Gasteiger partial charge in [0.15, 0.2) is 0 Å². The van der Waals surface area contributed by atoms with Crippen LogP contribution in [0.25, 0.3) is 11.0 Å². The molecule has 0 atom stereocenters. The lowest BCUT2D eigenvalue weighted by Crippen LogP contribution is -2.05. The van der Waals surface area contributed by atoms with Crippen LogP contribution in [0.1, 0.15) is 22.1 Å². The average Bonchev–Trinajstić information content (AvgIpc) is 3.04. The molecule has 3 rings (SSSR count). The number of benzene rings is 1. The third-order valence-electron chi connectivity index (χ3n) is 3.26. The van der Waals surface area contributed by atoms with Gasteiger partial charge in [-0.2, -0.15) is 5.26 Å². The Morgan fingerprint density at radius 3 is 2.90 bits per heavy atom. The smallest absolute Gasteiger partial charge is 0.113 e. The lowest BCUT2D eigenvalue weighted by Gasteiger charge is -2.06. The normalized spacial score (nSPS) is 10.9. The van der Waals surface area contributed by atoms with E-state index < -0.39 is 0 Å². The SMILES string of the molecule is Cc1csc(Cn2c(CCCl)nc3c(C#N)cccc32)n1. The summed E-state index contributed by atoms with van der Waals surface area (Å²) in [4.78, 5) is 9.12. The van der Waals surface area contributed by atoms with Crippen LogP contribution in [-0.2, 0) is 13.0 Å². The van der Waals surface area contributed by atoms with E-state index >= 15 is 0 Å². The molecule has 0 saturated heterocycles. The molecule has 21 heavy (non-hydrogen) atoms. The standard InChI is InChI=1S/C15H13ClN4S/c1-10-9-21-14(18-10)8-20-12-4-2-3-11(7-17)15(12)19-13(20)5-6-16/h2-4,9H,5-6,8H2,1H3. The van der Waals surface area contributed by atoms with Gasteiger partial charge in [-0.1, -0.05) is 6.07 Å². The number of nitrogens with zero attached hydrogens (tertiary/aromatic N) is 4. The van der Waals surface area contributed by atoms with Crippen LogP contribution in [0.5, 0.6) is 0 Å². The van der Waals surface area contributed by atoms with Crippen LogP contribution >= 0.6 is 22.9 Å². The van der Waals surface area contributed by atoms with Crippen molar-refractivity contribution in [2.75, 3.05) is 5.88 Å². The highest BCUT2D eigenvalue weighted by atomic mass is 35.5. The number of imidazole rings is 1. The Bertz CT molecular complexity index is 828. The molecule has 0 aliphatic heterocycles. The van der Waals surface area contributed by atoms with Crippen molar-refractivity contribution < 1.29 is 0 Å². The van der Waals surface area contributed by atoms with Crippen LogP contribution in [0.2, 0.25) is 0 Å². The topological polar surface area (TPSA) is 54.5 Å². The van der Waals surface area contributed by atoms with Gasteiger partial charge in [0.2, 0.25) is 0 Å². The van der Waals surface area contributed by atoms with E-state index in [2.05, 4.69) is 20.6 Å². The predicted octanol–water partition coefficient (Wildman–Crippen LogP) is 3.50. The maximum atomic E-state index is 9.22. The Morgan fingerprint density at radius 2 is 2.24 bits per heavy atom. The monoisotopic (exact) mass is 316 g/mol. The van der Waals surface area contributed by atoms with Crippen molar-refractivity contribution >= 4 is 34.0 Å². The highest BCUT2D eigenvalue weighted by Gasteiger charge is 2.14. The van der Waals surface area contributed by atoms with Gasteiger partial charge in [0, 0.05) is 23.4 Å². The number of fused-ring (bicyclic) bond motifs is 1. The summed E-state index contributed by atoms with van der Waals surface area (Å²) in [6.45, 7) is 2.65. The fourth-order valence-electron chi connectivity index (χ4n) is 2.35. The Morgan fingerprint density at radius 1 is 1.38 bits per heavy atom. The second-order valence-corrected chi connectivity index (χ2v) is 6.04. The van der Waals surface area contributed by atoms with Crippen molar-refractivity contribution in [3.05, 3.63) is 45.7 Å². The molecule has 1 aromatic carbocycles. The molecule has 4 nitrogen and oxygen atoms in total. The number of aromatic nitrogens is 3. The van der Waals surface area contributed by atoms with Gasteiger partial charge in [0.25, 0.3) is 0 Å². The molecule has 0 radical (unpaired) electrons. The van der Waals surface area contributed by atoms with E-state index in [9.17, 15) is 5.26 Å². The number of hydrogen-bond acceptors (Lipinski definition) is 4. The zero-order valence-corrected chi connectivity index (χ0v) is 13.1. The summed E-state index contributed by atoms with van der Waals surface area (Å²) in [5.41, 5.74) is 3.32. The molecular weight excluding hydrogens is 304 g/mol. The molecule has 3 aromatic rings. The van der Waals surface area contributed by atoms with Gasteiger partial charge in [0.05, 0.1) is 17.6 Å². The molecule has 0 bridgehead atoms. The molecule has 0 fully saturated rings. The third-order valence-corrected chi connectivity index (χ3v) is 4.40.